The Kier molecular flexibility index (Phi) is 20.2. The number of carbonyl (C=O) groups is 2. The van der Waals surface area contributed by atoms with Crippen molar-refractivity contribution in [3.8, 4) is 23.0 Å². The van der Waals surface area contributed by atoms with Crippen molar-refractivity contribution in [2.24, 2.45) is 0 Å². The van der Waals surface area contributed by atoms with Gasteiger partial charge in [-0.15, -0.1) is 0 Å². The van der Waals surface area contributed by atoms with Crippen LogP contribution in [0.3, 0.4) is 0 Å². The van der Waals surface area contributed by atoms with Gasteiger partial charge in [-0.1, -0.05) is 52.5 Å². The molecule has 4 heterocycles. The monoisotopic (exact) mass is 883 g/mol. The van der Waals surface area contributed by atoms with Crippen LogP contribution in [0.4, 0.5) is 0 Å². The first-order valence-corrected chi connectivity index (χ1v) is 21.8. The Hall–Kier alpha value is -5.63. The van der Waals surface area contributed by atoms with Gasteiger partial charge in [-0.25, -0.2) is 9.97 Å². The van der Waals surface area contributed by atoms with Gasteiger partial charge in [0.25, 0.3) is 11.1 Å². The number of para-hydroxylation sites is 4. The number of benzene rings is 4. The number of fused-ring (bicyclic) bond motifs is 2. The van der Waals surface area contributed by atoms with E-state index in [1.807, 2.05) is 41.3 Å². The minimum atomic E-state index is -0.530. The molecule has 2 aliphatic heterocycles. The van der Waals surface area contributed by atoms with Crippen LogP contribution in [0.1, 0.15) is 98.1 Å². The van der Waals surface area contributed by atoms with Crippen molar-refractivity contribution in [2.75, 3.05) is 74.3 Å². The summed E-state index contributed by atoms with van der Waals surface area (Å²) < 4.78 is 20.5. The second-order valence-electron chi connectivity index (χ2n) is 15.0. The largest absolute Gasteiger partial charge is 0.497 e. The number of imidazole rings is 2. The number of aromatic nitrogens is 4. The van der Waals surface area contributed by atoms with Crippen molar-refractivity contribution in [1.29, 1.82) is 0 Å². The highest BCUT2D eigenvalue weighted by molar-refractivity contribution is 6.67. The number of rotatable bonds is 11. The fourth-order valence-electron chi connectivity index (χ4n) is 7.49. The number of likely N-dealkylation sites (tertiary alicyclic amines) is 1. The molecule has 13 nitrogen and oxygen atoms in total. The van der Waals surface area contributed by atoms with Gasteiger partial charge in [0.2, 0.25) is 0 Å². The normalized spacial score (nSPS) is 14.0. The van der Waals surface area contributed by atoms with Crippen LogP contribution in [0.2, 0.25) is 0 Å². The molecule has 63 heavy (non-hydrogen) atoms. The van der Waals surface area contributed by atoms with Gasteiger partial charge < -0.3 is 44.0 Å². The number of hydrogen-bond donors (Lipinski definition) is 3. The number of ether oxygens (including phenoxy) is 4. The molecule has 2 saturated heterocycles. The number of nitrogens with one attached hydrogen (secondary N) is 3. The summed E-state index contributed by atoms with van der Waals surface area (Å²) >= 11 is 5.31. The van der Waals surface area contributed by atoms with Crippen LogP contribution in [0.15, 0.2) is 84.9 Å². The fourth-order valence-corrected chi connectivity index (χ4v) is 7.60. The maximum atomic E-state index is 12.9. The first-order valence-electron chi connectivity index (χ1n) is 21.4. The van der Waals surface area contributed by atoms with Crippen LogP contribution >= 0.6 is 11.6 Å². The Balaban J connectivity index is 0.000000205. The molecule has 1 amide bonds. The maximum Gasteiger partial charge on any atom is 0.254 e. The van der Waals surface area contributed by atoms with Gasteiger partial charge in [0.15, 0.2) is 0 Å². The third-order valence-electron chi connectivity index (χ3n) is 11.2. The van der Waals surface area contributed by atoms with Gasteiger partial charge in [0, 0.05) is 48.2 Å². The molecule has 0 aliphatic carbocycles. The summed E-state index contributed by atoms with van der Waals surface area (Å²) in [6.07, 6.45) is 4.18. The van der Waals surface area contributed by atoms with Gasteiger partial charge in [-0.2, -0.15) is 0 Å². The van der Waals surface area contributed by atoms with Crippen molar-refractivity contribution in [3.63, 3.8) is 0 Å². The average molecular weight is 885 g/mol. The Morgan fingerprint density at radius 2 is 1.03 bits per heavy atom. The van der Waals surface area contributed by atoms with E-state index in [1.54, 1.807) is 50.6 Å². The van der Waals surface area contributed by atoms with Crippen molar-refractivity contribution in [2.45, 2.75) is 65.7 Å². The van der Waals surface area contributed by atoms with Crippen molar-refractivity contribution >= 4 is 44.8 Å². The summed E-state index contributed by atoms with van der Waals surface area (Å²) in [6, 6.07) is 26.4. The number of nitrogens with zero attached hydrogens (tertiary/aromatic N) is 4. The molecule has 8 rings (SSSR count). The number of carbonyl (C=O) groups excluding carboxylic acids is 2. The molecule has 0 atom stereocenters. The van der Waals surface area contributed by atoms with Crippen molar-refractivity contribution in [3.05, 3.63) is 108 Å². The molecule has 340 valence electrons. The number of methoxy groups -OCH3 is 4. The van der Waals surface area contributed by atoms with E-state index in [0.29, 0.717) is 59.1 Å². The molecule has 2 fully saturated rings. The molecule has 0 radical (unpaired) electrons. The Labute approximate surface area is 377 Å². The number of aromatic amines is 2. The third kappa shape index (κ3) is 14.2. The standard InChI is InChI=1S/C21H23N3O3.C12H15N3.C9H9ClO3.C6H15N.CH4/c1-26-16-11-15(12-17(13-16)27-2)21(25)24-9-7-14(8-10-24)20-22-18-5-3-4-6-19(18)23-20;1-2-4-11-10(3-1)14-12(15-11)9-5-7-13-8-6-9;1-12-7-3-6(9(10)11)4-8(5-7)13-2;1-4-7(5-2)6-3;/h3-6,11-14H,7-10H2,1-2H3,(H,22,23);1-4,9,13H,5-8H2,(H,14,15);3-5H,1-2H3;4-6H2,1-3H3;1H4. The summed E-state index contributed by atoms with van der Waals surface area (Å²) in [5.41, 5.74) is 5.26. The first-order chi connectivity index (χ1) is 30.1. The second kappa shape index (κ2) is 25.5. The van der Waals surface area contributed by atoms with Crippen LogP contribution in [0.5, 0.6) is 23.0 Å². The summed E-state index contributed by atoms with van der Waals surface area (Å²) in [5.74, 6) is 5.48. The maximum absolute atomic E-state index is 12.9. The predicted octanol–water partition coefficient (Wildman–Crippen LogP) is 9.70. The number of halogens is 1. The quantitative estimate of drug-likeness (QED) is 0.108. The summed E-state index contributed by atoms with van der Waals surface area (Å²) in [7, 11) is 6.19. The number of hydrogen-bond acceptors (Lipinski definition) is 10. The smallest absolute Gasteiger partial charge is 0.254 e. The van der Waals surface area contributed by atoms with Crippen LogP contribution in [-0.2, 0) is 0 Å². The molecule has 0 unspecified atom stereocenters. The average Bonchev–Trinajstić information content (AvgIpc) is 3.98. The molecule has 0 spiro atoms. The van der Waals surface area contributed by atoms with E-state index >= 15 is 0 Å². The second-order valence-corrected chi connectivity index (χ2v) is 15.3. The predicted molar refractivity (Wildman–Crippen MR) is 254 cm³/mol. The molecule has 3 N–H and O–H groups in total. The lowest BCUT2D eigenvalue weighted by atomic mass is 9.95. The molecular weight excluding hydrogens is 818 g/mol. The SMILES string of the molecule is C.CCN(CC)CC.COc1cc(OC)cc(C(=O)Cl)c1.COc1cc(OC)cc(C(=O)N2CCC(c3nc4ccccc4[nH]3)CC2)c1.c1ccc2[nH]c(C3CCNCC3)nc2c1. The fraction of sp³-hybridized carbons (Fsp3) is 0.429. The van der Waals surface area contributed by atoms with E-state index in [1.165, 1.54) is 46.7 Å². The topological polar surface area (TPSA) is 147 Å². The van der Waals surface area contributed by atoms with E-state index in [9.17, 15) is 9.59 Å². The zero-order chi connectivity index (χ0) is 44.4. The van der Waals surface area contributed by atoms with Crippen molar-refractivity contribution in [1.82, 2.24) is 35.1 Å². The highest BCUT2D eigenvalue weighted by atomic mass is 35.5. The van der Waals surface area contributed by atoms with Gasteiger partial charge in [-0.3, -0.25) is 9.59 Å². The lowest BCUT2D eigenvalue weighted by Gasteiger charge is -2.31. The minimum Gasteiger partial charge on any atom is -0.497 e. The Bertz CT molecular complexity index is 2200. The number of piperidine rings is 2. The van der Waals surface area contributed by atoms with Crippen LogP contribution in [0, 0.1) is 0 Å². The molecule has 4 aromatic carbocycles. The molecular formula is C49H66ClN7O6. The highest BCUT2D eigenvalue weighted by Gasteiger charge is 2.27. The molecule has 2 aromatic heterocycles. The molecule has 0 bridgehead atoms. The Morgan fingerprint density at radius 1 is 0.635 bits per heavy atom. The number of amides is 1. The van der Waals surface area contributed by atoms with E-state index < -0.39 is 5.24 Å². The van der Waals surface area contributed by atoms with Gasteiger partial charge >= 0.3 is 0 Å². The molecule has 6 aromatic rings. The van der Waals surface area contributed by atoms with E-state index in [-0.39, 0.29) is 13.3 Å². The van der Waals surface area contributed by atoms with Crippen LogP contribution in [0.25, 0.3) is 22.1 Å². The van der Waals surface area contributed by atoms with E-state index in [0.717, 1.165) is 59.6 Å². The third-order valence-corrected chi connectivity index (χ3v) is 11.4. The summed E-state index contributed by atoms with van der Waals surface area (Å²) in [6.45, 7) is 13.8. The van der Waals surface area contributed by atoms with E-state index in [4.69, 9.17) is 35.5 Å². The van der Waals surface area contributed by atoms with Gasteiger partial charge in [-0.05, 0) is 119 Å². The lowest BCUT2D eigenvalue weighted by molar-refractivity contribution is 0.0710. The van der Waals surface area contributed by atoms with Crippen molar-refractivity contribution < 1.29 is 28.5 Å². The molecule has 0 saturated carbocycles. The molecule has 2 aliphatic rings. The molecule has 14 heteroatoms. The highest BCUT2D eigenvalue weighted by Crippen LogP contribution is 2.30. The lowest BCUT2D eigenvalue weighted by Crippen LogP contribution is -2.38. The summed E-state index contributed by atoms with van der Waals surface area (Å²) in [4.78, 5) is 44.2. The van der Waals surface area contributed by atoms with Gasteiger partial charge in [0.05, 0.1) is 50.5 Å². The van der Waals surface area contributed by atoms with Crippen LogP contribution in [-0.4, -0.2) is 115 Å². The zero-order valence-corrected chi connectivity index (χ0v) is 37.9. The summed E-state index contributed by atoms with van der Waals surface area (Å²) in [5, 5.41) is 2.85. The van der Waals surface area contributed by atoms with E-state index in [2.05, 4.69) is 58.1 Å². The number of H-pyrrole nitrogens is 2. The minimum absolute atomic E-state index is 0. The van der Waals surface area contributed by atoms with Gasteiger partial charge in [0.1, 0.15) is 34.6 Å². The first kappa shape index (κ1) is 50.0. The Morgan fingerprint density at radius 3 is 1.40 bits per heavy atom. The zero-order valence-electron chi connectivity index (χ0n) is 37.1. The van der Waals surface area contributed by atoms with Crippen LogP contribution < -0.4 is 24.3 Å².